The largest absolute Gasteiger partial charge is 0.296 e. The van der Waals surface area contributed by atoms with Gasteiger partial charge in [0.25, 0.3) is 0 Å². The molecule has 0 amide bonds. The van der Waals surface area contributed by atoms with E-state index in [9.17, 15) is 0 Å². The Morgan fingerprint density at radius 1 is 1.44 bits per heavy atom. The molecule has 1 aromatic heterocycles. The predicted octanol–water partition coefficient (Wildman–Crippen LogP) is 4.23. The summed E-state index contributed by atoms with van der Waals surface area (Å²) in [4.78, 5) is 6.88. The summed E-state index contributed by atoms with van der Waals surface area (Å²) in [5, 5.41) is 0.600. The van der Waals surface area contributed by atoms with Gasteiger partial charge in [-0.25, -0.2) is 4.98 Å². The van der Waals surface area contributed by atoms with E-state index < -0.39 is 0 Å². The van der Waals surface area contributed by atoms with E-state index in [1.807, 2.05) is 12.3 Å². The average Bonchev–Trinajstić information content (AvgIpc) is 2.30. The molecule has 0 saturated carbocycles. The maximum absolute atomic E-state index is 5.95. The van der Waals surface area contributed by atoms with Gasteiger partial charge < -0.3 is 0 Å². The Morgan fingerprint density at radius 3 is 2.89 bits per heavy atom. The molecule has 1 atom stereocenters. The van der Waals surface area contributed by atoms with Crippen LogP contribution in [0.25, 0.3) is 0 Å². The van der Waals surface area contributed by atoms with E-state index in [0.29, 0.717) is 17.1 Å². The topological polar surface area (TPSA) is 16.1 Å². The molecular formula is C15H23ClN2. The first-order valence-corrected chi connectivity index (χ1v) is 7.32. The number of rotatable bonds is 3. The van der Waals surface area contributed by atoms with Gasteiger partial charge in [-0.3, -0.25) is 4.90 Å². The van der Waals surface area contributed by atoms with Crippen molar-refractivity contribution in [3.63, 3.8) is 0 Å². The van der Waals surface area contributed by atoms with E-state index in [4.69, 9.17) is 11.6 Å². The third-order valence-electron chi connectivity index (χ3n) is 3.69. The normalized spacial score (nSPS) is 21.5. The highest BCUT2D eigenvalue weighted by atomic mass is 35.5. The maximum atomic E-state index is 5.95. The lowest BCUT2D eigenvalue weighted by Crippen LogP contribution is -2.36. The molecule has 2 nitrogen and oxygen atoms in total. The van der Waals surface area contributed by atoms with Crippen molar-refractivity contribution >= 4 is 11.6 Å². The van der Waals surface area contributed by atoms with Gasteiger partial charge >= 0.3 is 0 Å². The first-order valence-electron chi connectivity index (χ1n) is 6.94. The van der Waals surface area contributed by atoms with E-state index >= 15 is 0 Å². The average molecular weight is 267 g/mol. The van der Waals surface area contributed by atoms with E-state index in [1.54, 1.807) is 0 Å². The molecule has 0 radical (unpaired) electrons. The summed E-state index contributed by atoms with van der Waals surface area (Å²) in [5.74, 6) is 0.714. The Bertz CT molecular complexity index is 403. The third kappa shape index (κ3) is 3.24. The molecule has 1 aliphatic heterocycles. The molecule has 3 heteroatoms. The predicted molar refractivity (Wildman–Crippen MR) is 77.0 cm³/mol. The molecule has 0 aliphatic carbocycles. The van der Waals surface area contributed by atoms with Crippen molar-refractivity contribution in [2.75, 3.05) is 13.1 Å². The minimum atomic E-state index is 0.533. The Balaban J connectivity index is 2.22. The van der Waals surface area contributed by atoms with Crippen LogP contribution in [0.15, 0.2) is 12.3 Å². The van der Waals surface area contributed by atoms with E-state index in [0.717, 1.165) is 0 Å². The van der Waals surface area contributed by atoms with Crippen molar-refractivity contribution in [1.29, 1.82) is 0 Å². The van der Waals surface area contributed by atoms with Gasteiger partial charge in [0.1, 0.15) is 5.15 Å². The van der Waals surface area contributed by atoms with Crippen LogP contribution in [-0.4, -0.2) is 23.0 Å². The summed E-state index contributed by atoms with van der Waals surface area (Å²) >= 11 is 5.95. The highest BCUT2D eigenvalue weighted by molar-refractivity contribution is 6.29. The zero-order valence-corrected chi connectivity index (χ0v) is 12.4. The summed E-state index contributed by atoms with van der Waals surface area (Å²) in [6.45, 7) is 9.11. The second-order valence-electron chi connectivity index (χ2n) is 5.76. The van der Waals surface area contributed by atoms with Gasteiger partial charge in [-0.1, -0.05) is 31.9 Å². The van der Waals surface area contributed by atoms with Crippen molar-refractivity contribution in [3.8, 4) is 0 Å². The summed E-state index contributed by atoms with van der Waals surface area (Å²) in [6.07, 6.45) is 5.86. The lowest BCUT2D eigenvalue weighted by Gasteiger charge is -2.37. The second-order valence-corrected chi connectivity index (χ2v) is 6.15. The van der Waals surface area contributed by atoms with Gasteiger partial charge in [0.2, 0.25) is 0 Å². The maximum Gasteiger partial charge on any atom is 0.129 e. The van der Waals surface area contributed by atoms with Crippen LogP contribution in [0, 0.1) is 12.8 Å². The number of hydrogen-bond donors (Lipinski definition) is 0. The number of halogens is 1. The van der Waals surface area contributed by atoms with Crippen LogP contribution in [0.4, 0.5) is 0 Å². The molecule has 2 rings (SSSR count). The van der Waals surface area contributed by atoms with Crippen molar-refractivity contribution < 1.29 is 0 Å². The van der Waals surface area contributed by atoms with Crippen LogP contribution in [0.5, 0.6) is 0 Å². The van der Waals surface area contributed by atoms with Gasteiger partial charge in [-0.2, -0.15) is 0 Å². The number of aryl methyl sites for hydroxylation is 1. The molecule has 0 N–H and O–H groups in total. The van der Waals surface area contributed by atoms with Crippen LogP contribution in [0.3, 0.4) is 0 Å². The van der Waals surface area contributed by atoms with Crippen LogP contribution in [-0.2, 0) is 0 Å². The van der Waals surface area contributed by atoms with Crippen molar-refractivity contribution in [3.05, 3.63) is 28.5 Å². The quantitative estimate of drug-likeness (QED) is 0.762. The molecule has 18 heavy (non-hydrogen) atoms. The summed E-state index contributed by atoms with van der Waals surface area (Å²) < 4.78 is 0. The molecule has 1 saturated heterocycles. The molecule has 0 bridgehead atoms. The van der Waals surface area contributed by atoms with Crippen molar-refractivity contribution in [2.24, 2.45) is 5.92 Å². The number of piperidine rings is 1. The van der Waals surface area contributed by atoms with Gasteiger partial charge in [0.15, 0.2) is 0 Å². The minimum absolute atomic E-state index is 0.533. The monoisotopic (exact) mass is 266 g/mol. The number of hydrogen-bond acceptors (Lipinski definition) is 2. The molecule has 0 unspecified atom stereocenters. The highest BCUT2D eigenvalue weighted by Gasteiger charge is 2.25. The molecule has 100 valence electrons. The molecule has 1 aliphatic rings. The Morgan fingerprint density at radius 2 is 2.22 bits per heavy atom. The molecule has 0 spiro atoms. The molecule has 1 fully saturated rings. The van der Waals surface area contributed by atoms with E-state index in [-0.39, 0.29) is 0 Å². The van der Waals surface area contributed by atoms with Gasteiger partial charge in [0.05, 0.1) is 0 Å². The van der Waals surface area contributed by atoms with Crippen molar-refractivity contribution in [2.45, 2.75) is 46.1 Å². The van der Waals surface area contributed by atoms with Crippen LogP contribution >= 0.6 is 11.6 Å². The van der Waals surface area contributed by atoms with Gasteiger partial charge in [-0.15, -0.1) is 0 Å². The Hall–Kier alpha value is -0.600. The SMILES string of the molecule is Cc1cc(Cl)ncc1[C@@H]1CCCCN1CC(C)C. The number of likely N-dealkylation sites (tertiary alicyclic amines) is 1. The fourth-order valence-corrected chi connectivity index (χ4v) is 3.12. The Kier molecular flexibility index (Phi) is 4.63. The lowest BCUT2D eigenvalue weighted by atomic mass is 9.93. The summed E-state index contributed by atoms with van der Waals surface area (Å²) in [5.41, 5.74) is 2.63. The fraction of sp³-hybridized carbons (Fsp3) is 0.667. The van der Waals surface area contributed by atoms with Crippen molar-refractivity contribution in [1.82, 2.24) is 9.88 Å². The zero-order chi connectivity index (χ0) is 13.1. The molecule has 2 heterocycles. The van der Waals surface area contributed by atoms with Crippen LogP contribution in [0.2, 0.25) is 5.15 Å². The van der Waals surface area contributed by atoms with E-state index in [2.05, 4.69) is 30.7 Å². The highest BCUT2D eigenvalue weighted by Crippen LogP contribution is 2.33. The van der Waals surface area contributed by atoms with Gasteiger partial charge in [-0.05, 0) is 49.4 Å². The van der Waals surface area contributed by atoms with Crippen LogP contribution in [0.1, 0.15) is 50.3 Å². The third-order valence-corrected chi connectivity index (χ3v) is 3.90. The zero-order valence-electron chi connectivity index (χ0n) is 11.6. The first-order chi connectivity index (χ1) is 8.58. The Labute approximate surface area is 115 Å². The second kappa shape index (κ2) is 6.03. The van der Waals surface area contributed by atoms with Gasteiger partial charge in [0, 0.05) is 18.8 Å². The van der Waals surface area contributed by atoms with E-state index in [1.165, 1.54) is 43.5 Å². The molecule has 1 aromatic rings. The lowest BCUT2D eigenvalue weighted by molar-refractivity contribution is 0.131. The molecule has 0 aromatic carbocycles. The smallest absolute Gasteiger partial charge is 0.129 e. The summed E-state index contributed by atoms with van der Waals surface area (Å²) in [7, 11) is 0. The molecular weight excluding hydrogens is 244 g/mol. The fourth-order valence-electron chi connectivity index (χ4n) is 2.91. The number of pyridine rings is 1. The summed E-state index contributed by atoms with van der Waals surface area (Å²) in [6, 6.07) is 2.52. The number of aromatic nitrogens is 1. The van der Waals surface area contributed by atoms with Crippen LogP contribution < -0.4 is 0 Å². The first kappa shape index (κ1) is 13.8. The number of nitrogens with zero attached hydrogens (tertiary/aromatic N) is 2. The standard InChI is InChI=1S/C15H23ClN2/c1-11(2)10-18-7-5-4-6-14(18)13-9-17-15(16)8-12(13)3/h8-9,11,14H,4-7,10H2,1-3H3/t14-/m0/s1. The minimum Gasteiger partial charge on any atom is -0.296 e.